The van der Waals surface area contributed by atoms with E-state index in [0.717, 1.165) is 24.3 Å². The average Bonchev–Trinajstić information content (AvgIpc) is 2.68. The lowest BCUT2D eigenvalue weighted by atomic mass is 9.91. The zero-order valence-electron chi connectivity index (χ0n) is 16.5. The van der Waals surface area contributed by atoms with Crippen molar-refractivity contribution in [3.63, 3.8) is 0 Å². The number of amides is 1. The van der Waals surface area contributed by atoms with Crippen molar-refractivity contribution in [3.8, 4) is 11.5 Å². The van der Waals surface area contributed by atoms with Crippen LogP contribution in [0.15, 0.2) is 42.5 Å². The summed E-state index contributed by atoms with van der Waals surface area (Å²) < 4.78 is 11.7. The summed E-state index contributed by atoms with van der Waals surface area (Å²) >= 11 is 0. The topological polar surface area (TPSA) is 47.6 Å². The van der Waals surface area contributed by atoms with Crippen LogP contribution in [0.1, 0.15) is 43.4 Å². The van der Waals surface area contributed by atoms with Crippen LogP contribution in [0, 0.1) is 6.92 Å². The number of rotatable bonds is 7. The summed E-state index contributed by atoms with van der Waals surface area (Å²) in [5.41, 5.74) is 3.81. The van der Waals surface area contributed by atoms with Gasteiger partial charge in [0.1, 0.15) is 18.1 Å². The molecule has 2 aromatic rings. The van der Waals surface area contributed by atoms with Gasteiger partial charge < -0.3 is 14.8 Å². The van der Waals surface area contributed by atoms with Gasteiger partial charge in [0, 0.05) is 0 Å². The molecule has 0 bridgehead atoms. The number of fused-ring (bicyclic) bond motifs is 1. The molecule has 1 amide bonds. The number of hydrogen-bond acceptors (Lipinski definition) is 3. The van der Waals surface area contributed by atoms with Crippen LogP contribution in [0.25, 0.3) is 0 Å². The van der Waals surface area contributed by atoms with Crippen molar-refractivity contribution in [2.45, 2.75) is 58.6 Å². The fraction of sp³-hybridized carbons (Fsp3) is 0.435. The Labute approximate surface area is 161 Å². The molecule has 0 aliphatic heterocycles. The normalized spacial score (nSPS) is 15.4. The molecule has 0 radical (unpaired) electrons. The highest BCUT2D eigenvalue weighted by Crippen LogP contribution is 2.30. The van der Waals surface area contributed by atoms with E-state index in [0.29, 0.717) is 6.61 Å². The maximum Gasteiger partial charge on any atom is 0.261 e. The Hall–Kier alpha value is -2.49. The first-order chi connectivity index (χ1) is 13.0. The van der Waals surface area contributed by atoms with Gasteiger partial charge in [-0.25, -0.2) is 0 Å². The SMILES string of the molecule is Cc1ccc(OCC(C)NC(=O)C(C)Oc2cccc3c2CCCC3)cc1. The fourth-order valence-electron chi connectivity index (χ4n) is 3.36. The lowest BCUT2D eigenvalue weighted by Crippen LogP contribution is -2.43. The molecule has 0 saturated carbocycles. The highest BCUT2D eigenvalue weighted by molar-refractivity contribution is 5.81. The Kier molecular flexibility index (Phi) is 6.38. The second-order valence-electron chi connectivity index (χ2n) is 7.39. The molecule has 1 aliphatic rings. The van der Waals surface area contributed by atoms with Crippen LogP contribution in [0.3, 0.4) is 0 Å². The number of nitrogens with one attached hydrogen (secondary N) is 1. The highest BCUT2D eigenvalue weighted by Gasteiger charge is 2.20. The van der Waals surface area contributed by atoms with Crippen molar-refractivity contribution in [1.82, 2.24) is 5.32 Å². The molecule has 27 heavy (non-hydrogen) atoms. The van der Waals surface area contributed by atoms with Crippen LogP contribution in [-0.2, 0) is 17.6 Å². The van der Waals surface area contributed by atoms with E-state index in [9.17, 15) is 4.79 Å². The first-order valence-electron chi connectivity index (χ1n) is 9.80. The average molecular weight is 367 g/mol. The summed E-state index contributed by atoms with van der Waals surface area (Å²) in [5, 5.41) is 2.97. The quantitative estimate of drug-likeness (QED) is 0.797. The largest absolute Gasteiger partial charge is 0.491 e. The van der Waals surface area contributed by atoms with E-state index in [1.165, 1.54) is 29.5 Å². The van der Waals surface area contributed by atoms with Gasteiger partial charge in [0.25, 0.3) is 5.91 Å². The van der Waals surface area contributed by atoms with Crippen LogP contribution >= 0.6 is 0 Å². The number of hydrogen-bond donors (Lipinski definition) is 1. The van der Waals surface area contributed by atoms with Crippen molar-refractivity contribution in [2.24, 2.45) is 0 Å². The van der Waals surface area contributed by atoms with Crippen molar-refractivity contribution < 1.29 is 14.3 Å². The smallest absolute Gasteiger partial charge is 0.261 e. The molecule has 1 aliphatic carbocycles. The van der Waals surface area contributed by atoms with E-state index in [2.05, 4.69) is 11.4 Å². The van der Waals surface area contributed by atoms with Gasteiger partial charge in [-0.3, -0.25) is 4.79 Å². The summed E-state index contributed by atoms with van der Waals surface area (Å²) in [5.74, 6) is 1.53. The van der Waals surface area contributed by atoms with Crippen molar-refractivity contribution in [2.75, 3.05) is 6.61 Å². The van der Waals surface area contributed by atoms with Gasteiger partial charge in [-0.1, -0.05) is 29.8 Å². The minimum Gasteiger partial charge on any atom is -0.491 e. The van der Waals surface area contributed by atoms with E-state index in [1.807, 2.05) is 50.2 Å². The van der Waals surface area contributed by atoms with Crippen LogP contribution in [0.5, 0.6) is 11.5 Å². The van der Waals surface area contributed by atoms with Crippen LogP contribution < -0.4 is 14.8 Å². The lowest BCUT2D eigenvalue weighted by molar-refractivity contribution is -0.128. The van der Waals surface area contributed by atoms with E-state index in [1.54, 1.807) is 6.92 Å². The summed E-state index contributed by atoms with van der Waals surface area (Å²) in [4.78, 5) is 12.5. The van der Waals surface area contributed by atoms with Gasteiger partial charge in [0.05, 0.1) is 6.04 Å². The van der Waals surface area contributed by atoms with E-state index in [-0.39, 0.29) is 11.9 Å². The molecule has 1 N–H and O–H groups in total. The fourth-order valence-corrected chi connectivity index (χ4v) is 3.36. The lowest BCUT2D eigenvalue weighted by Gasteiger charge is -2.23. The van der Waals surface area contributed by atoms with Crippen molar-refractivity contribution >= 4 is 5.91 Å². The predicted molar refractivity (Wildman–Crippen MR) is 107 cm³/mol. The molecule has 0 aromatic heterocycles. The molecule has 2 atom stereocenters. The zero-order valence-corrected chi connectivity index (χ0v) is 16.5. The number of aryl methyl sites for hydroxylation is 2. The molecular formula is C23H29NO3. The van der Waals surface area contributed by atoms with Crippen LogP contribution in [-0.4, -0.2) is 24.7 Å². The maximum atomic E-state index is 12.5. The molecule has 0 spiro atoms. The summed E-state index contributed by atoms with van der Waals surface area (Å²) in [6.45, 7) is 6.19. The van der Waals surface area contributed by atoms with Crippen molar-refractivity contribution in [3.05, 3.63) is 59.2 Å². The Morgan fingerprint density at radius 2 is 1.81 bits per heavy atom. The van der Waals surface area contributed by atoms with Gasteiger partial charge >= 0.3 is 0 Å². The van der Waals surface area contributed by atoms with Crippen LogP contribution in [0.2, 0.25) is 0 Å². The molecule has 0 saturated heterocycles. The molecule has 3 rings (SSSR count). The second kappa shape index (κ2) is 8.94. The van der Waals surface area contributed by atoms with E-state index >= 15 is 0 Å². The standard InChI is InChI=1S/C23H29NO3/c1-16-11-13-20(14-12-16)26-15-17(2)24-23(25)18(3)27-22-10-6-8-19-7-4-5-9-21(19)22/h6,8,10-14,17-18H,4-5,7,9,15H2,1-3H3,(H,24,25). The molecule has 2 aromatic carbocycles. The third-order valence-electron chi connectivity index (χ3n) is 4.94. The van der Waals surface area contributed by atoms with Crippen molar-refractivity contribution in [1.29, 1.82) is 0 Å². The second-order valence-corrected chi connectivity index (χ2v) is 7.39. The highest BCUT2D eigenvalue weighted by atomic mass is 16.5. The maximum absolute atomic E-state index is 12.5. The summed E-state index contributed by atoms with van der Waals surface area (Å²) in [6.07, 6.45) is 3.99. The summed E-state index contributed by atoms with van der Waals surface area (Å²) in [6, 6.07) is 13.9. The van der Waals surface area contributed by atoms with Crippen LogP contribution in [0.4, 0.5) is 0 Å². The molecule has 0 fully saturated rings. The summed E-state index contributed by atoms with van der Waals surface area (Å²) in [7, 11) is 0. The molecule has 4 nitrogen and oxygen atoms in total. The number of ether oxygens (including phenoxy) is 2. The minimum absolute atomic E-state index is 0.102. The molecule has 144 valence electrons. The monoisotopic (exact) mass is 367 g/mol. The van der Waals surface area contributed by atoms with E-state index < -0.39 is 6.10 Å². The van der Waals surface area contributed by atoms with Gasteiger partial charge in [-0.2, -0.15) is 0 Å². The third kappa shape index (κ3) is 5.25. The third-order valence-corrected chi connectivity index (χ3v) is 4.94. The molecular weight excluding hydrogens is 338 g/mol. The molecule has 2 unspecified atom stereocenters. The minimum atomic E-state index is -0.541. The van der Waals surface area contributed by atoms with Gasteiger partial charge in [0.2, 0.25) is 0 Å². The first-order valence-corrected chi connectivity index (χ1v) is 9.80. The predicted octanol–water partition coefficient (Wildman–Crippen LogP) is 4.22. The Balaban J connectivity index is 1.51. The number of carbonyl (C=O) groups is 1. The van der Waals surface area contributed by atoms with Gasteiger partial charge in [0.15, 0.2) is 6.10 Å². The first kappa shape index (κ1) is 19.3. The Morgan fingerprint density at radius 3 is 2.59 bits per heavy atom. The molecule has 4 heteroatoms. The van der Waals surface area contributed by atoms with Gasteiger partial charge in [-0.15, -0.1) is 0 Å². The zero-order chi connectivity index (χ0) is 19.2. The number of benzene rings is 2. The van der Waals surface area contributed by atoms with Gasteiger partial charge in [-0.05, 0) is 75.8 Å². The Bertz CT molecular complexity index is 770. The Morgan fingerprint density at radius 1 is 1.07 bits per heavy atom. The van der Waals surface area contributed by atoms with E-state index in [4.69, 9.17) is 9.47 Å². The number of carbonyl (C=O) groups excluding carboxylic acids is 1. The molecule has 0 heterocycles.